The Bertz CT molecular complexity index is 1040. The van der Waals surface area contributed by atoms with Gasteiger partial charge in [-0.05, 0) is 53.5 Å². The number of aromatic nitrogens is 3. The van der Waals surface area contributed by atoms with Gasteiger partial charge in [-0.25, -0.2) is 9.78 Å². The summed E-state index contributed by atoms with van der Waals surface area (Å²) in [5.41, 5.74) is 0.523. The second kappa shape index (κ2) is 10.6. The number of anilines is 4. The maximum Gasteiger partial charge on any atom is 0.350 e. The van der Waals surface area contributed by atoms with Crippen molar-refractivity contribution in [1.82, 2.24) is 19.9 Å². The van der Waals surface area contributed by atoms with E-state index < -0.39 is 0 Å². The summed E-state index contributed by atoms with van der Waals surface area (Å²) in [6.07, 6.45) is 2.04. The number of aryl methyl sites for hydroxylation is 1. The van der Waals surface area contributed by atoms with Crippen LogP contribution >= 0.6 is 11.3 Å². The average molecular weight is 504 g/mol. The van der Waals surface area contributed by atoms with Crippen molar-refractivity contribution in [2.75, 3.05) is 68.1 Å². The fourth-order valence-electron chi connectivity index (χ4n) is 4.95. The fraction of sp³-hybridized carbons (Fsp3) is 0.667. The minimum absolute atomic E-state index is 0.0969. The third kappa shape index (κ3) is 5.84. The Morgan fingerprint density at radius 3 is 2.74 bits per heavy atom. The summed E-state index contributed by atoms with van der Waals surface area (Å²) in [6.45, 7) is 13.0. The SMILES string of the molecule is CCOC(=O)c1sc(Nc2nc(N3CCCC(CO)C3)cc(N3CCN(C)CC3(C)C)n2)nc1C. The van der Waals surface area contributed by atoms with E-state index in [0.29, 0.717) is 28.3 Å². The highest BCUT2D eigenvalue weighted by atomic mass is 32.1. The maximum absolute atomic E-state index is 12.3. The van der Waals surface area contributed by atoms with Gasteiger partial charge in [0.05, 0.1) is 12.3 Å². The zero-order chi connectivity index (χ0) is 25.2. The number of thiazole rings is 1. The Balaban J connectivity index is 1.68. The molecular formula is C24H37N7O3S. The number of carbonyl (C=O) groups is 1. The number of likely N-dealkylation sites (N-methyl/N-ethyl adjacent to an activating group) is 1. The van der Waals surface area contributed by atoms with Crippen LogP contribution in [0.4, 0.5) is 22.7 Å². The van der Waals surface area contributed by atoms with Crippen LogP contribution < -0.4 is 15.1 Å². The van der Waals surface area contributed by atoms with Gasteiger partial charge in [0.25, 0.3) is 0 Å². The number of nitrogens with zero attached hydrogens (tertiary/aromatic N) is 6. The van der Waals surface area contributed by atoms with Gasteiger partial charge in [0.1, 0.15) is 16.5 Å². The lowest BCUT2D eigenvalue weighted by Gasteiger charge is -2.47. The van der Waals surface area contributed by atoms with Crippen molar-refractivity contribution in [2.24, 2.45) is 5.92 Å². The van der Waals surface area contributed by atoms with Crippen LogP contribution in [-0.2, 0) is 4.74 Å². The number of aliphatic hydroxyl groups is 1. The van der Waals surface area contributed by atoms with Gasteiger partial charge in [-0.2, -0.15) is 9.97 Å². The topological polar surface area (TPSA) is 107 Å². The summed E-state index contributed by atoms with van der Waals surface area (Å²) < 4.78 is 5.16. The summed E-state index contributed by atoms with van der Waals surface area (Å²) >= 11 is 1.25. The molecule has 0 aliphatic carbocycles. The van der Waals surface area contributed by atoms with Crippen LogP contribution in [0.25, 0.3) is 0 Å². The number of carbonyl (C=O) groups excluding carboxylic acids is 1. The van der Waals surface area contributed by atoms with Crippen molar-refractivity contribution in [3.63, 3.8) is 0 Å². The van der Waals surface area contributed by atoms with Gasteiger partial charge < -0.3 is 24.5 Å². The first-order valence-electron chi connectivity index (χ1n) is 12.3. The van der Waals surface area contributed by atoms with Crippen molar-refractivity contribution in [3.05, 3.63) is 16.6 Å². The molecule has 2 fully saturated rings. The normalized spacial score (nSPS) is 20.7. The highest BCUT2D eigenvalue weighted by molar-refractivity contribution is 7.17. The number of aliphatic hydroxyl groups excluding tert-OH is 1. The molecule has 4 heterocycles. The molecule has 0 saturated carbocycles. The third-order valence-corrected chi connectivity index (χ3v) is 7.70. The Morgan fingerprint density at radius 1 is 1.26 bits per heavy atom. The van der Waals surface area contributed by atoms with Crippen molar-refractivity contribution >= 4 is 40.0 Å². The first kappa shape index (κ1) is 25.6. The molecule has 1 unspecified atom stereocenters. The van der Waals surface area contributed by atoms with Crippen molar-refractivity contribution in [1.29, 1.82) is 0 Å². The van der Waals surface area contributed by atoms with E-state index in [-0.39, 0.29) is 24.0 Å². The molecule has 2 aromatic rings. The van der Waals surface area contributed by atoms with E-state index in [2.05, 4.69) is 52.0 Å². The number of piperazine rings is 1. The molecule has 2 aliphatic rings. The second-order valence-corrected chi connectivity index (χ2v) is 11.0. The lowest BCUT2D eigenvalue weighted by molar-refractivity contribution is 0.0531. The first-order chi connectivity index (χ1) is 16.7. The van der Waals surface area contributed by atoms with E-state index in [9.17, 15) is 9.90 Å². The number of hydrogen-bond acceptors (Lipinski definition) is 11. The maximum atomic E-state index is 12.3. The van der Waals surface area contributed by atoms with Crippen LogP contribution in [0.5, 0.6) is 0 Å². The van der Waals surface area contributed by atoms with Crippen LogP contribution in [0.3, 0.4) is 0 Å². The Morgan fingerprint density at radius 2 is 2.03 bits per heavy atom. The lowest BCUT2D eigenvalue weighted by Crippen LogP contribution is -2.58. The number of ether oxygens (including phenoxy) is 1. The third-order valence-electron chi connectivity index (χ3n) is 6.65. The van der Waals surface area contributed by atoms with Crippen molar-refractivity contribution in [3.8, 4) is 0 Å². The van der Waals surface area contributed by atoms with Gasteiger partial charge in [-0.15, -0.1) is 0 Å². The van der Waals surface area contributed by atoms with Gasteiger partial charge in [0.15, 0.2) is 5.13 Å². The van der Waals surface area contributed by atoms with E-state index in [0.717, 1.165) is 57.2 Å². The molecule has 2 aliphatic heterocycles. The monoisotopic (exact) mass is 503 g/mol. The lowest BCUT2D eigenvalue weighted by atomic mass is 9.98. The number of nitrogens with one attached hydrogen (secondary N) is 1. The average Bonchev–Trinajstić information content (AvgIpc) is 3.18. The van der Waals surface area contributed by atoms with Crippen LogP contribution in [-0.4, -0.2) is 89.5 Å². The van der Waals surface area contributed by atoms with Crippen molar-refractivity contribution < 1.29 is 14.6 Å². The summed E-state index contributed by atoms with van der Waals surface area (Å²) in [5.74, 6) is 2.02. The van der Waals surface area contributed by atoms with Gasteiger partial charge in [-0.3, -0.25) is 5.32 Å². The molecule has 192 valence electrons. The van der Waals surface area contributed by atoms with E-state index in [4.69, 9.17) is 14.7 Å². The highest BCUT2D eigenvalue weighted by Gasteiger charge is 2.34. The fourth-order valence-corrected chi connectivity index (χ4v) is 5.81. The van der Waals surface area contributed by atoms with Gasteiger partial charge in [0.2, 0.25) is 5.95 Å². The Labute approximate surface area is 211 Å². The Kier molecular flexibility index (Phi) is 7.77. The van der Waals surface area contributed by atoms with E-state index in [1.165, 1.54) is 11.3 Å². The molecular weight excluding hydrogens is 466 g/mol. The van der Waals surface area contributed by atoms with Crippen molar-refractivity contribution in [2.45, 2.75) is 46.1 Å². The van der Waals surface area contributed by atoms with E-state index >= 15 is 0 Å². The zero-order valence-electron chi connectivity index (χ0n) is 21.4. The molecule has 1 atom stereocenters. The van der Waals surface area contributed by atoms with Gasteiger partial charge in [0, 0.05) is 50.9 Å². The second-order valence-electron chi connectivity index (χ2n) is 10.0. The quantitative estimate of drug-likeness (QED) is 0.548. The predicted molar refractivity (Wildman–Crippen MR) is 139 cm³/mol. The molecule has 0 radical (unpaired) electrons. The van der Waals surface area contributed by atoms with Gasteiger partial charge >= 0.3 is 5.97 Å². The van der Waals surface area contributed by atoms with Crippen LogP contribution in [0, 0.1) is 12.8 Å². The molecule has 4 rings (SSSR count). The molecule has 0 aromatic carbocycles. The standard InChI is InChI=1S/C24H37N7O3S/c1-6-34-21(33)20-16(2)25-23(35-20)28-22-26-18(30-9-7-8-17(13-30)14-32)12-19(27-22)31-11-10-29(5)15-24(31,3)4/h12,17,32H,6-11,13-15H2,1-5H3,(H,25,26,27,28). The van der Waals surface area contributed by atoms with Crippen LogP contribution in [0.2, 0.25) is 0 Å². The number of piperidine rings is 1. The summed E-state index contributed by atoms with van der Waals surface area (Å²) in [7, 11) is 2.15. The molecule has 2 aromatic heterocycles. The Hall–Kier alpha value is -2.50. The summed E-state index contributed by atoms with van der Waals surface area (Å²) in [5, 5.41) is 13.5. The van der Waals surface area contributed by atoms with E-state index in [1.54, 1.807) is 13.8 Å². The molecule has 11 heteroatoms. The number of rotatable bonds is 7. The van der Waals surface area contributed by atoms with E-state index in [1.807, 2.05) is 0 Å². The predicted octanol–water partition coefficient (Wildman–Crippen LogP) is 2.90. The molecule has 0 bridgehead atoms. The van der Waals surface area contributed by atoms with Crippen LogP contribution in [0.1, 0.15) is 49.0 Å². The molecule has 0 amide bonds. The highest BCUT2D eigenvalue weighted by Crippen LogP contribution is 2.32. The zero-order valence-corrected chi connectivity index (χ0v) is 22.2. The summed E-state index contributed by atoms with van der Waals surface area (Å²) in [4.78, 5) is 33.9. The molecule has 35 heavy (non-hydrogen) atoms. The van der Waals surface area contributed by atoms with Crippen LogP contribution in [0.15, 0.2) is 6.07 Å². The smallest absolute Gasteiger partial charge is 0.350 e. The molecule has 10 nitrogen and oxygen atoms in total. The summed E-state index contributed by atoms with van der Waals surface area (Å²) in [6, 6.07) is 2.06. The first-order valence-corrected chi connectivity index (χ1v) is 13.1. The molecule has 2 saturated heterocycles. The molecule has 2 N–H and O–H groups in total. The number of hydrogen-bond donors (Lipinski definition) is 2. The number of esters is 1. The minimum Gasteiger partial charge on any atom is -0.462 e. The van der Waals surface area contributed by atoms with Gasteiger partial charge in [-0.1, -0.05) is 11.3 Å². The molecule has 0 spiro atoms. The largest absolute Gasteiger partial charge is 0.462 e. The minimum atomic E-state index is -0.367.